The molecule has 3 heterocycles. The van der Waals surface area contributed by atoms with Crippen LogP contribution in [0.1, 0.15) is 54.2 Å². The summed E-state index contributed by atoms with van der Waals surface area (Å²) in [5, 5.41) is 10.7. The van der Waals surface area contributed by atoms with Crippen LogP contribution in [-0.4, -0.2) is 29.1 Å². The first-order chi connectivity index (χ1) is 16.2. The third-order valence-electron chi connectivity index (χ3n) is 6.03. The largest absolute Gasteiger partial charge is 0.508 e. The highest BCUT2D eigenvalue weighted by Gasteiger charge is 2.45. The van der Waals surface area contributed by atoms with E-state index in [0.29, 0.717) is 22.2 Å². The molecule has 0 saturated heterocycles. The SMILES string of the molecule is COC(=O)c1sc(N2C(=O)c3oc4cc(C)c(C)cc4c(=O)c3[C@H]2c2cccc(O)c2)nc1C. The minimum Gasteiger partial charge on any atom is -0.508 e. The molecule has 1 N–H and O–H groups in total. The number of esters is 1. The first-order valence-corrected chi connectivity index (χ1v) is 11.3. The van der Waals surface area contributed by atoms with Gasteiger partial charge in [-0.25, -0.2) is 9.78 Å². The molecule has 4 aromatic rings. The first kappa shape index (κ1) is 21.8. The minimum atomic E-state index is -0.895. The average molecular weight is 477 g/mol. The fourth-order valence-corrected chi connectivity index (χ4v) is 5.21. The van der Waals surface area contributed by atoms with Crippen LogP contribution in [0.4, 0.5) is 5.13 Å². The first-order valence-electron chi connectivity index (χ1n) is 10.5. The monoisotopic (exact) mass is 476 g/mol. The van der Waals surface area contributed by atoms with Crippen LogP contribution < -0.4 is 10.3 Å². The molecule has 1 atom stereocenters. The Bertz CT molecular complexity index is 1570. The number of thiazole rings is 1. The van der Waals surface area contributed by atoms with Crippen LogP contribution in [0.25, 0.3) is 11.0 Å². The number of nitrogens with zero attached hydrogens (tertiary/aromatic N) is 2. The molecule has 34 heavy (non-hydrogen) atoms. The zero-order chi connectivity index (χ0) is 24.3. The van der Waals surface area contributed by atoms with Crippen molar-refractivity contribution >= 4 is 39.3 Å². The van der Waals surface area contributed by atoms with Gasteiger partial charge in [-0.05, 0) is 61.7 Å². The highest BCUT2D eigenvalue weighted by molar-refractivity contribution is 7.17. The van der Waals surface area contributed by atoms with Gasteiger partial charge >= 0.3 is 5.97 Å². The maximum absolute atomic E-state index is 13.7. The van der Waals surface area contributed by atoms with E-state index in [1.807, 2.05) is 13.8 Å². The van der Waals surface area contributed by atoms with Crippen molar-refractivity contribution in [2.24, 2.45) is 0 Å². The smallest absolute Gasteiger partial charge is 0.350 e. The predicted molar refractivity (Wildman–Crippen MR) is 127 cm³/mol. The molecule has 172 valence electrons. The predicted octanol–water partition coefficient (Wildman–Crippen LogP) is 4.42. The van der Waals surface area contributed by atoms with Gasteiger partial charge in [0.1, 0.15) is 16.2 Å². The molecule has 5 rings (SSSR count). The molecule has 8 nitrogen and oxygen atoms in total. The maximum atomic E-state index is 13.7. The maximum Gasteiger partial charge on any atom is 0.350 e. The highest BCUT2D eigenvalue weighted by Crippen LogP contribution is 2.43. The molecule has 0 saturated carbocycles. The molecule has 9 heteroatoms. The Morgan fingerprint density at radius 1 is 1.15 bits per heavy atom. The number of aryl methyl sites for hydroxylation is 3. The Hall–Kier alpha value is -3.98. The fraction of sp³-hybridized carbons (Fsp3) is 0.200. The summed E-state index contributed by atoms with van der Waals surface area (Å²) in [6.45, 7) is 5.45. The van der Waals surface area contributed by atoms with Gasteiger partial charge in [-0.2, -0.15) is 0 Å². The summed E-state index contributed by atoms with van der Waals surface area (Å²) in [5.41, 5.74) is 2.93. The summed E-state index contributed by atoms with van der Waals surface area (Å²) in [5.74, 6) is -1.21. The van der Waals surface area contributed by atoms with Crippen molar-refractivity contribution in [3.05, 3.63) is 85.2 Å². The molecule has 0 unspecified atom stereocenters. The number of benzene rings is 2. The van der Waals surface area contributed by atoms with Crippen LogP contribution >= 0.6 is 11.3 Å². The van der Waals surface area contributed by atoms with E-state index in [-0.39, 0.29) is 32.5 Å². The number of fused-ring (bicyclic) bond motifs is 2. The van der Waals surface area contributed by atoms with E-state index in [4.69, 9.17) is 9.15 Å². The van der Waals surface area contributed by atoms with Crippen LogP contribution in [0.3, 0.4) is 0 Å². The summed E-state index contributed by atoms with van der Waals surface area (Å²) in [6, 6.07) is 8.95. The second-order valence-electron chi connectivity index (χ2n) is 8.18. The number of amides is 1. The number of carbonyl (C=O) groups is 2. The lowest BCUT2D eigenvalue weighted by molar-refractivity contribution is 0.0605. The number of aromatic nitrogens is 1. The zero-order valence-corrected chi connectivity index (χ0v) is 19.6. The summed E-state index contributed by atoms with van der Waals surface area (Å²) >= 11 is 0.995. The van der Waals surface area contributed by atoms with Gasteiger partial charge in [0.25, 0.3) is 5.91 Å². The van der Waals surface area contributed by atoms with Gasteiger partial charge in [-0.1, -0.05) is 23.5 Å². The normalized spacial score (nSPS) is 15.1. The van der Waals surface area contributed by atoms with Gasteiger partial charge in [0, 0.05) is 0 Å². The molecule has 0 bridgehead atoms. The number of phenolic OH excluding ortho intramolecular Hbond substituents is 1. The molecule has 1 aliphatic heterocycles. The van der Waals surface area contributed by atoms with E-state index in [1.165, 1.54) is 24.1 Å². The third kappa shape index (κ3) is 3.19. The minimum absolute atomic E-state index is 0.0134. The number of anilines is 1. The van der Waals surface area contributed by atoms with E-state index >= 15 is 0 Å². The quantitative estimate of drug-likeness (QED) is 0.436. The fourth-order valence-electron chi connectivity index (χ4n) is 4.20. The molecule has 0 fully saturated rings. The Kier molecular flexibility index (Phi) is 5.02. The molecule has 0 radical (unpaired) electrons. The summed E-state index contributed by atoms with van der Waals surface area (Å²) < 4.78 is 10.8. The lowest BCUT2D eigenvalue weighted by Gasteiger charge is -2.22. The van der Waals surface area contributed by atoms with Gasteiger partial charge < -0.3 is 14.3 Å². The molecular weight excluding hydrogens is 456 g/mol. The van der Waals surface area contributed by atoms with Crippen molar-refractivity contribution in [2.75, 3.05) is 12.0 Å². The van der Waals surface area contributed by atoms with Crippen molar-refractivity contribution < 1.29 is 23.8 Å². The van der Waals surface area contributed by atoms with Crippen molar-refractivity contribution in [3.63, 3.8) is 0 Å². The third-order valence-corrected chi connectivity index (χ3v) is 7.17. The van der Waals surface area contributed by atoms with Crippen LogP contribution in [0.2, 0.25) is 0 Å². The van der Waals surface area contributed by atoms with Crippen LogP contribution in [0.5, 0.6) is 5.75 Å². The number of aromatic hydroxyl groups is 1. The second kappa shape index (κ2) is 7.81. The van der Waals surface area contributed by atoms with E-state index < -0.39 is 17.9 Å². The standard InChI is InChI=1S/C25H20N2O6S/c1-11-8-16-17(9-12(11)2)33-21-18(20(16)29)19(14-6-5-7-15(28)10-14)27(23(21)30)25-26-13(3)22(34-25)24(31)32-4/h5-10,19,28H,1-4H3/t19-/m1/s1. The molecular formula is C25H20N2O6S. The zero-order valence-electron chi connectivity index (χ0n) is 18.8. The van der Waals surface area contributed by atoms with Gasteiger partial charge in [-0.15, -0.1) is 0 Å². The number of ether oxygens (including phenoxy) is 1. The number of hydrogen-bond donors (Lipinski definition) is 1. The molecule has 1 aliphatic rings. The Labute approximate surface area is 198 Å². The van der Waals surface area contributed by atoms with Gasteiger partial charge in [0.05, 0.1) is 29.8 Å². The van der Waals surface area contributed by atoms with Crippen molar-refractivity contribution in [1.82, 2.24) is 4.98 Å². The summed E-state index contributed by atoms with van der Waals surface area (Å²) in [6.07, 6.45) is 0. The van der Waals surface area contributed by atoms with Crippen LogP contribution in [0.15, 0.2) is 45.6 Å². The van der Waals surface area contributed by atoms with Gasteiger partial charge in [0.2, 0.25) is 5.76 Å². The number of methoxy groups -OCH3 is 1. The summed E-state index contributed by atoms with van der Waals surface area (Å²) in [7, 11) is 1.27. The van der Waals surface area contributed by atoms with Crippen LogP contribution in [-0.2, 0) is 4.74 Å². The Morgan fingerprint density at radius 3 is 2.59 bits per heavy atom. The van der Waals surface area contributed by atoms with Crippen molar-refractivity contribution in [1.29, 1.82) is 0 Å². The molecule has 1 amide bonds. The number of phenols is 1. The van der Waals surface area contributed by atoms with E-state index in [1.54, 1.807) is 31.2 Å². The van der Waals surface area contributed by atoms with Crippen molar-refractivity contribution in [2.45, 2.75) is 26.8 Å². The molecule has 2 aromatic carbocycles. The number of hydrogen-bond acceptors (Lipinski definition) is 8. The lowest BCUT2D eigenvalue weighted by Crippen LogP contribution is -2.29. The van der Waals surface area contributed by atoms with Gasteiger partial charge in [-0.3, -0.25) is 14.5 Å². The van der Waals surface area contributed by atoms with Gasteiger partial charge in [0.15, 0.2) is 10.6 Å². The lowest BCUT2D eigenvalue weighted by atomic mass is 9.97. The Balaban J connectivity index is 1.80. The average Bonchev–Trinajstić information content (AvgIpc) is 3.32. The number of rotatable bonds is 3. The molecule has 0 spiro atoms. The topological polar surface area (TPSA) is 110 Å². The highest BCUT2D eigenvalue weighted by atomic mass is 32.1. The van der Waals surface area contributed by atoms with E-state index in [0.717, 1.165) is 22.5 Å². The van der Waals surface area contributed by atoms with E-state index in [2.05, 4.69) is 4.98 Å². The van der Waals surface area contributed by atoms with Crippen LogP contribution in [0, 0.1) is 20.8 Å². The summed E-state index contributed by atoms with van der Waals surface area (Å²) in [4.78, 5) is 45.6. The van der Waals surface area contributed by atoms with Crippen molar-refractivity contribution in [3.8, 4) is 5.75 Å². The molecule has 2 aromatic heterocycles. The van der Waals surface area contributed by atoms with E-state index in [9.17, 15) is 19.5 Å². The number of carbonyl (C=O) groups excluding carboxylic acids is 2. The Morgan fingerprint density at radius 2 is 1.88 bits per heavy atom. The second-order valence-corrected chi connectivity index (χ2v) is 9.16. The molecule has 0 aliphatic carbocycles.